The lowest BCUT2D eigenvalue weighted by Gasteiger charge is -2.26. The van der Waals surface area contributed by atoms with Crippen molar-refractivity contribution in [1.82, 2.24) is 10.2 Å². The molecule has 0 saturated carbocycles. The van der Waals surface area contributed by atoms with Crippen molar-refractivity contribution in [2.24, 2.45) is 5.92 Å². The molecule has 6 heteroatoms. The maximum absolute atomic E-state index is 12.6. The Morgan fingerprint density at radius 3 is 2.22 bits per heavy atom. The lowest BCUT2D eigenvalue weighted by molar-refractivity contribution is -0.125. The molecule has 0 aromatic heterocycles. The predicted molar refractivity (Wildman–Crippen MR) is 85.1 cm³/mol. The van der Waals surface area contributed by atoms with E-state index < -0.39 is 17.9 Å². The van der Waals surface area contributed by atoms with Gasteiger partial charge in [0.2, 0.25) is 5.91 Å². The molecule has 2 rings (SSSR count). The molecule has 1 aliphatic heterocycles. The van der Waals surface area contributed by atoms with Gasteiger partial charge < -0.3 is 10.1 Å². The Hall–Kier alpha value is -2.21. The molecule has 1 heterocycles. The van der Waals surface area contributed by atoms with Crippen LogP contribution in [0.25, 0.3) is 0 Å². The lowest BCUT2D eigenvalue weighted by Crippen LogP contribution is -2.50. The lowest BCUT2D eigenvalue weighted by atomic mass is 10.0. The van der Waals surface area contributed by atoms with Crippen molar-refractivity contribution in [3.8, 4) is 0 Å². The summed E-state index contributed by atoms with van der Waals surface area (Å²) in [6, 6.07) is 5.85. The SMILES string of the molecule is COCCNC(=O)C(CC(C)C)N1C(=O)c2ccccc2C1=O. The third kappa shape index (κ3) is 3.59. The average molecular weight is 318 g/mol. The van der Waals surface area contributed by atoms with Crippen LogP contribution in [-0.4, -0.2) is 48.9 Å². The Bertz CT molecular complexity index is 577. The first-order valence-electron chi connectivity index (χ1n) is 7.71. The van der Waals surface area contributed by atoms with E-state index in [1.54, 1.807) is 31.4 Å². The number of nitrogens with zero attached hydrogens (tertiary/aromatic N) is 1. The molecule has 1 aromatic carbocycles. The zero-order valence-corrected chi connectivity index (χ0v) is 13.7. The number of ether oxygens (including phenoxy) is 1. The van der Waals surface area contributed by atoms with Crippen LogP contribution < -0.4 is 5.32 Å². The van der Waals surface area contributed by atoms with Crippen LogP contribution in [0.15, 0.2) is 24.3 Å². The van der Waals surface area contributed by atoms with Crippen LogP contribution in [0.3, 0.4) is 0 Å². The molecule has 0 saturated heterocycles. The summed E-state index contributed by atoms with van der Waals surface area (Å²) in [5.74, 6) is -0.973. The van der Waals surface area contributed by atoms with Gasteiger partial charge in [0.1, 0.15) is 6.04 Å². The standard InChI is InChI=1S/C17H22N2O4/c1-11(2)10-14(15(20)18-8-9-23-3)19-16(21)12-6-4-5-7-13(12)17(19)22/h4-7,11,14H,8-10H2,1-3H3,(H,18,20). The van der Waals surface area contributed by atoms with E-state index >= 15 is 0 Å². The minimum absolute atomic E-state index is 0.164. The van der Waals surface area contributed by atoms with Crippen molar-refractivity contribution in [2.75, 3.05) is 20.3 Å². The molecule has 0 bridgehead atoms. The smallest absolute Gasteiger partial charge is 0.262 e. The van der Waals surface area contributed by atoms with E-state index in [1.165, 1.54) is 0 Å². The van der Waals surface area contributed by atoms with Gasteiger partial charge in [-0.15, -0.1) is 0 Å². The number of carbonyl (C=O) groups excluding carboxylic acids is 3. The van der Waals surface area contributed by atoms with E-state index in [2.05, 4.69) is 5.32 Å². The largest absolute Gasteiger partial charge is 0.383 e. The quantitative estimate of drug-likeness (QED) is 0.610. The van der Waals surface area contributed by atoms with Gasteiger partial charge in [-0.05, 0) is 24.5 Å². The van der Waals surface area contributed by atoms with Crippen molar-refractivity contribution >= 4 is 17.7 Å². The highest BCUT2D eigenvalue weighted by Gasteiger charge is 2.42. The van der Waals surface area contributed by atoms with Gasteiger partial charge in [-0.25, -0.2) is 0 Å². The fourth-order valence-electron chi connectivity index (χ4n) is 2.66. The van der Waals surface area contributed by atoms with Crippen molar-refractivity contribution in [3.63, 3.8) is 0 Å². The Balaban J connectivity index is 2.24. The van der Waals surface area contributed by atoms with E-state index in [0.29, 0.717) is 30.7 Å². The molecular weight excluding hydrogens is 296 g/mol. The summed E-state index contributed by atoms with van der Waals surface area (Å²) in [6.07, 6.45) is 0.421. The van der Waals surface area contributed by atoms with Gasteiger partial charge in [-0.3, -0.25) is 19.3 Å². The summed E-state index contributed by atoms with van der Waals surface area (Å²) in [4.78, 5) is 38.7. The van der Waals surface area contributed by atoms with Crippen LogP contribution in [0.1, 0.15) is 41.0 Å². The molecule has 0 fully saturated rings. The second-order valence-electron chi connectivity index (χ2n) is 5.96. The summed E-state index contributed by atoms with van der Waals surface area (Å²) in [5, 5.41) is 2.72. The molecule has 1 aliphatic rings. The number of hydrogen-bond donors (Lipinski definition) is 1. The summed E-state index contributed by atoms with van der Waals surface area (Å²) in [6.45, 7) is 4.62. The van der Waals surface area contributed by atoms with Crippen LogP contribution in [-0.2, 0) is 9.53 Å². The van der Waals surface area contributed by atoms with Gasteiger partial charge in [0.25, 0.3) is 11.8 Å². The fraction of sp³-hybridized carbons (Fsp3) is 0.471. The van der Waals surface area contributed by atoms with Gasteiger partial charge in [-0.2, -0.15) is 0 Å². The third-order valence-electron chi connectivity index (χ3n) is 3.74. The normalized spacial score (nSPS) is 15.0. The van der Waals surface area contributed by atoms with Gasteiger partial charge in [-0.1, -0.05) is 26.0 Å². The van der Waals surface area contributed by atoms with Crippen LogP contribution >= 0.6 is 0 Å². The van der Waals surface area contributed by atoms with E-state index in [0.717, 1.165) is 4.90 Å². The Morgan fingerprint density at radius 2 is 1.74 bits per heavy atom. The van der Waals surface area contributed by atoms with Gasteiger partial charge >= 0.3 is 0 Å². The average Bonchev–Trinajstić information content (AvgIpc) is 2.77. The number of imide groups is 1. The summed E-state index contributed by atoms with van der Waals surface area (Å²) < 4.78 is 4.91. The molecule has 6 nitrogen and oxygen atoms in total. The van der Waals surface area contributed by atoms with Crippen LogP contribution in [0.2, 0.25) is 0 Å². The van der Waals surface area contributed by atoms with Crippen molar-refractivity contribution in [3.05, 3.63) is 35.4 Å². The second kappa shape index (κ2) is 7.37. The summed E-state index contributed by atoms with van der Waals surface area (Å²) >= 11 is 0. The molecular formula is C17H22N2O4. The second-order valence-corrected chi connectivity index (χ2v) is 5.96. The first-order valence-corrected chi connectivity index (χ1v) is 7.71. The maximum Gasteiger partial charge on any atom is 0.262 e. The predicted octanol–water partition coefficient (Wildman–Crippen LogP) is 1.46. The zero-order valence-electron chi connectivity index (χ0n) is 13.7. The molecule has 3 amide bonds. The molecule has 0 spiro atoms. The minimum atomic E-state index is -0.806. The molecule has 23 heavy (non-hydrogen) atoms. The molecule has 1 aromatic rings. The molecule has 1 N–H and O–H groups in total. The van der Waals surface area contributed by atoms with E-state index in [4.69, 9.17) is 4.74 Å². The Labute approximate surface area is 135 Å². The fourth-order valence-corrected chi connectivity index (χ4v) is 2.66. The van der Waals surface area contributed by atoms with Gasteiger partial charge in [0.15, 0.2) is 0 Å². The molecule has 1 atom stereocenters. The number of methoxy groups -OCH3 is 1. The number of carbonyl (C=O) groups is 3. The topological polar surface area (TPSA) is 75.7 Å². The minimum Gasteiger partial charge on any atom is -0.383 e. The molecule has 1 unspecified atom stereocenters. The van der Waals surface area contributed by atoms with E-state index in [9.17, 15) is 14.4 Å². The number of benzene rings is 1. The number of rotatable bonds is 7. The Kier molecular flexibility index (Phi) is 5.50. The van der Waals surface area contributed by atoms with E-state index in [-0.39, 0.29) is 11.8 Å². The number of fused-ring (bicyclic) bond motifs is 1. The van der Waals surface area contributed by atoms with Crippen molar-refractivity contribution in [1.29, 1.82) is 0 Å². The Morgan fingerprint density at radius 1 is 1.17 bits per heavy atom. The number of nitrogens with one attached hydrogen (secondary N) is 1. The zero-order chi connectivity index (χ0) is 17.0. The summed E-state index contributed by atoms with van der Waals surface area (Å²) in [5.41, 5.74) is 0.715. The third-order valence-corrected chi connectivity index (χ3v) is 3.74. The maximum atomic E-state index is 12.6. The molecule has 0 radical (unpaired) electrons. The molecule has 124 valence electrons. The van der Waals surface area contributed by atoms with Gasteiger partial charge in [0.05, 0.1) is 17.7 Å². The van der Waals surface area contributed by atoms with Crippen LogP contribution in [0, 0.1) is 5.92 Å². The number of amides is 3. The first kappa shape index (κ1) is 17.1. The highest BCUT2D eigenvalue weighted by atomic mass is 16.5. The van der Waals surface area contributed by atoms with Crippen LogP contribution in [0.5, 0.6) is 0 Å². The van der Waals surface area contributed by atoms with Crippen molar-refractivity contribution < 1.29 is 19.1 Å². The molecule has 0 aliphatic carbocycles. The van der Waals surface area contributed by atoms with E-state index in [1.807, 2.05) is 13.8 Å². The number of hydrogen-bond acceptors (Lipinski definition) is 4. The highest BCUT2D eigenvalue weighted by Crippen LogP contribution is 2.26. The van der Waals surface area contributed by atoms with Gasteiger partial charge in [0, 0.05) is 13.7 Å². The summed E-state index contributed by atoms with van der Waals surface area (Å²) in [7, 11) is 1.54. The van der Waals surface area contributed by atoms with Crippen molar-refractivity contribution in [2.45, 2.75) is 26.3 Å². The highest BCUT2D eigenvalue weighted by molar-refractivity contribution is 6.22. The van der Waals surface area contributed by atoms with Crippen LogP contribution in [0.4, 0.5) is 0 Å². The monoisotopic (exact) mass is 318 g/mol. The first-order chi connectivity index (χ1) is 11.0.